The number of benzene rings is 3. The maximum absolute atomic E-state index is 10.4. The molecule has 0 aromatic heterocycles. The van der Waals surface area contributed by atoms with Crippen LogP contribution >= 0.6 is 0 Å². The first-order chi connectivity index (χ1) is 19.1. The Balaban J connectivity index is 1.30. The summed E-state index contributed by atoms with van der Waals surface area (Å²) in [4.78, 5) is 0. The fourth-order valence-electron chi connectivity index (χ4n) is 5.57. The molecule has 0 amide bonds. The lowest BCUT2D eigenvalue weighted by atomic mass is 9.88. The zero-order valence-corrected chi connectivity index (χ0v) is 22.7. The molecule has 1 atom stereocenters. The van der Waals surface area contributed by atoms with Crippen LogP contribution in [-0.2, 0) is 0 Å². The van der Waals surface area contributed by atoms with Gasteiger partial charge in [-0.1, -0.05) is 56.5 Å². The van der Waals surface area contributed by atoms with E-state index >= 15 is 0 Å². The standard InChI is InChI=1S/C33H39NO5/c1-2-30(26-12-17-31-32(18-26)39-22-38-31)33(24-8-13-27(35)14-9-24)25-10-15-29(16-11-25)37-21-28(36)20-34-19-23-6-4-3-5-7-23/h8-18,23,28,34-36H,2-7,19-22H2,1H3/b33-30+. The van der Waals surface area contributed by atoms with Crippen molar-refractivity contribution >= 4 is 11.1 Å². The Morgan fingerprint density at radius 1 is 0.897 bits per heavy atom. The molecule has 0 bridgehead atoms. The lowest BCUT2D eigenvalue weighted by molar-refractivity contribution is 0.105. The highest BCUT2D eigenvalue weighted by atomic mass is 16.7. The van der Waals surface area contributed by atoms with Crippen LogP contribution in [0.25, 0.3) is 11.1 Å². The lowest BCUT2D eigenvalue weighted by Crippen LogP contribution is -2.34. The molecule has 1 fully saturated rings. The molecular formula is C33H39NO5. The second-order valence-electron chi connectivity index (χ2n) is 10.5. The van der Waals surface area contributed by atoms with Gasteiger partial charge < -0.3 is 29.7 Å². The molecule has 3 aromatic carbocycles. The number of nitrogens with one attached hydrogen (secondary N) is 1. The summed E-state index contributed by atoms with van der Waals surface area (Å²) >= 11 is 0. The third-order valence-corrected chi connectivity index (χ3v) is 7.66. The Morgan fingerprint density at radius 3 is 2.28 bits per heavy atom. The fraction of sp³-hybridized carbons (Fsp3) is 0.394. The van der Waals surface area contributed by atoms with Crippen molar-refractivity contribution in [2.24, 2.45) is 5.92 Å². The first-order valence-electron chi connectivity index (χ1n) is 14.1. The van der Waals surface area contributed by atoms with Crippen LogP contribution in [0.1, 0.15) is 62.1 Å². The summed E-state index contributed by atoms with van der Waals surface area (Å²) in [6.07, 6.45) is 6.84. The van der Waals surface area contributed by atoms with E-state index < -0.39 is 6.10 Å². The highest BCUT2D eigenvalue weighted by Gasteiger charge is 2.18. The Kier molecular flexibility index (Phi) is 9.07. The van der Waals surface area contributed by atoms with Gasteiger partial charge in [0.2, 0.25) is 6.79 Å². The van der Waals surface area contributed by atoms with Gasteiger partial charge in [-0.15, -0.1) is 0 Å². The smallest absolute Gasteiger partial charge is 0.231 e. The normalized spacial score (nSPS) is 16.6. The second-order valence-corrected chi connectivity index (χ2v) is 10.5. The number of ether oxygens (including phenoxy) is 3. The number of fused-ring (bicyclic) bond motifs is 1. The van der Waals surface area contributed by atoms with Crippen LogP contribution in [-0.4, -0.2) is 42.8 Å². The number of aromatic hydroxyl groups is 1. The van der Waals surface area contributed by atoms with Gasteiger partial charge in [0.15, 0.2) is 11.5 Å². The summed E-state index contributed by atoms with van der Waals surface area (Å²) in [5, 5.41) is 23.7. The van der Waals surface area contributed by atoms with Crippen molar-refractivity contribution in [3.05, 3.63) is 83.4 Å². The molecule has 6 nitrogen and oxygen atoms in total. The van der Waals surface area contributed by atoms with Crippen molar-refractivity contribution in [1.82, 2.24) is 5.32 Å². The van der Waals surface area contributed by atoms with E-state index in [4.69, 9.17) is 14.2 Å². The minimum Gasteiger partial charge on any atom is -0.508 e. The molecule has 0 spiro atoms. The summed E-state index contributed by atoms with van der Waals surface area (Å²) in [6.45, 7) is 4.14. The zero-order chi connectivity index (χ0) is 27.0. The summed E-state index contributed by atoms with van der Waals surface area (Å²) in [5.74, 6) is 3.19. The Bertz CT molecular complexity index is 1250. The van der Waals surface area contributed by atoms with Gasteiger partial charge in [-0.05, 0) is 96.0 Å². The molecule has 2 aliphatic rings. The summed E-state index contributed by atoms with van der Waals surface area (Å²) in [5.41, 5.74) is 5.35. The maximum atomic E-state index is 10.4. The van der Waals surface area contributed by atoms with Gasteiger partial charge in [0.25, 0.3) is 0 Å². The van der Waals surface area contributed by atoms with E-state index in [0.717, 1.165) is 64.0 Å². The average molecular weight is 530 g/mol. The highest BCUT2D eigenvalue weighted by Crippen LogP contribution is 2.40. The van der Waals surface area contributed by atoms with E-state index in [0.29, 0.717) is 6.54 Å². The lowest BCUT2D eigenvalue weighted by Gasteiger charge is -2.22. The Labute approximate surface area is 231 Å². The molecule has 1 aliphatic heterocycles. The Hall–Kier alpha value is -3.48. The molecule has 1 heterocycles. The Morgan fingerprint density at radius 2 is 1.56 bits per heavy atom. The average Bonchev–Trinajstić information content (AvgIpc) is 3.44. The van der Waals surface area contributed by atoms with Crippen molar-refractivity contribution in [1.29, 1.82) is 0 Å². The molecule has 1 saturated carbocycles. The number of hydrogen-bond acceptors (Lipinski definition) is 6. The van der Waals surface area contributed by atoms with Crippen molar-refractivity contribution in [3.8, 4) is 23.0 Å². The van der Waals surface area contributed by atoms with Gasteiger partial charge in [-0.3, -0.25) is 0 Å². The van der Waals surface area contributed by atoms with Gasteiger partial charge in [-0.25, -0.2) is 0 Å². The second kappa shape index (κ2) is 13.0. The molecule has 1 aliphatic carbocycles. The van der Waals surface area contributed by atoms with Crippen molar-refractivity contribution < 1.29 is 24.4 Å². The predicted octanol–water partition coefficient (Wildman–Crippen LogP) is 6.40. The van der Waals surface area contributed by atoms with Gasteiger partial charge in [0.1, 0.15) is 24.2 Å². The van der Waals surface area contributed by atoms with Crippen molar-refractivity contribution in [2.75, 3.05) is 26.5 Å². The van der Waals surface area contributed by atoms with Gasteiger partial charge >= 0.3 is 0 Å². The zero-order valence-electron chi connectivity index (χ0n) is 22.7. The molecule has 5 rings (SSSR count). The largest absolute Gasteiger partial charge is 0.508 e. The number of phenols is 1. The fourth-order valence-corrected chi connectivity index (χ4v) is 5.57. The quantitative estimate of drug-likeness (QED) is 0.250. The van der Waals surface area contributed by atoms with E-state index in [2.05, 4.69) is 18.3 Å². The number of rotatable bonds is 11. The topological polar surface area (TPSA) is 80.2 Å². The van der Waals surface area contributed by atoms with Crippen molar-refractivity contribution in [3.63, 3.8) is 0 Å². The first kappa shape index (κ1) is 27.1. The molecule has 0 radical (unpaired) electrons. The molecule has 0 saturated heterocycles. The molecule has 39 heavy (non-hydrogen) atoms. The maximum Gasteiger partial charge on any atom is 0.231 e. The van der Waals surface area contributed by atoms with Gasteiger partial charge in [-0.2, -0.15) is 0 Å². The summed E-state index contributed by atoms with van der Waals surface area (Å²) in [6, 6.07) is 21.3. The van der Waals surface area contributed by atoms with E-state index in [1.165, 1.54) is 32.1 Å². The molecule has 3 aromatic rings. The summed E-state index contributed by atoms with van der Waals surface area (Å²) < 4.78 is 17.1. The monoisotopic (exact) mass is 529 g/mol. The van der Waals surface area contributed by atoms with Crippen LogP contribution < -0.4 is 19.5 Å². The third kappa shape index (κ3) is 6.94. The van der Waals surface area contributed by atoms with E-state index in [1.807, 2.05) is 48.5 Å². The van der Waals surface area contributed by atoms with E-state index in [-0.39, 0.29) is 19.1 Å². The number of aliphatic hydroxyl groups excluding tert-OH is 1. The van der Waals surface area contributed by atoms with E-state index in [1.54, 1.807) is 12.1 Å². The van der Waals surface area contributed by atoms with Crippen LogP contribution in [0.2, 0.25) is 0 Å². The van der Waals surface area contributed by atoms with Crippen LogP contribution in [0.4, 0.5) is 0 Å². The predicted molar refractivity (Wildman–Crippen MR) is 154 cm³/mol. The molecular weight excluding hydrogens is 490 g/mol. The molecule has 206 valence electrons. The minimum absolute atomic E-state index is 0.231. The number of aliphatic hydroxyl groups is 1. The first-order valence-corrected chi connectivity index (χ1v) is 14.1. The van der Waals surface area contributed by atoms with Crippen molar-refractivity contribution in [2.45, 2.75) is 51.6 Å². The van der Waals surface area contributed by atoms with Gasteiger partial charge in [0.05, 0.1) is 0 Å². The van der Waals surface area contributed by atoms with Gasteiger partial charge in [0, 0.05) is 6.54 Å². The number of hydrogen-bond donors (Lipinski definition) is 3. The molecule has 1 unspecified atom stereocenters. The minimum atomic E-state index is -0.557. The SMILES string of the molecule is CC/C(=C(/c1ccc(O)cc1)c1ccc(OCC(O)CNCC2CCCCC2)cc1)c1ccc2c(c1)OCO2. The molecule has 3 N–H and O–H groups in total. The number of phenolic OH excluding ortho intramolecular Hbond substituents is 1. The third-order valence-electron chi connectivity index (χ3n) is 7.66. The molecule has 6 heteroatoms. The van der Waals surface area contributed by atoms with Crippen LogP contribution in [0.3, 0.4) is 0 Å². The van der Waals surface area contributed by atoms with E-state index in [9.17, 15) is 10.2 Å². The van der Waals surface area contributed by atoms with Crippen LogP contribution in [0, 0.1) is 5.92 Å². The summed E-state index contributed by atoms with van der Waals surface area (Å²) in [7, 11) is 0. The highest BCUT2D eigenvalue weighted by molar-refractivity contribution is 5.99. The number of allylic oxidation sites excluding steroid dienone is 1. The van der Waals surface area contributed by atoms with Crippen LogP contribution in [0.5, 0.6) is 23.0 Å². The van der Waals surface area contributed by atoms with Crippen LogP contribution in [0.15, 0.2) is 66.7 Å².